The van der Waals surface area contributed by atoms with Gasteiger partial charge in [-0.2, -0.15) is 0 Å². The van der Waals surface area contributed by atoms with Gasteiger partial charge in [-0.3, -0.25) is 4.79 Å². The molecule has 9 nitrogen and oxygen atoms in total. The van der Waals surface area contributed by atoms with Gasteiger partial charge in [-0.1, -0.05) is 12.1 Å². The molecule has 1 saturated heterocycles. The van der Waals surface area contributed by atoms with E-state index in [9.17, 15) is 9.59 Å². The quantitative estimate of drug-likeness (QED) is 0.267. The minimum Gasteiger partial charge on any atom is -0.465 e. The lowest BCUT2D eigenvalue weighted by molar-refractivity contribution is -0.120. The van der Waals surface area contributed by atoms with Gasteiger partial charge in [-0.25, -0.2) is 9.78 Å². The van der Waals surface area contributed by atoms with Crippen LogP contribution >= 0.6 is 11.3 Å². The maximum Gasteiger partial charge on any atom is 0.341 e. The monoisotopic (exact) mass is 485 g/mol. The van der Waals surface area contributed by atoms with Crippen LogP contribution in [0.15, 0.2) is 23.5 Å². The van der Waals surface area contributed by atoms with Crippen molar-refractivity contribution in [3.05, 3.63) is 39.9 Å². The molecule has 3 heterocycles. The third-order valence-corrected chi connectivity index (χ3v) is 7.41. The number of nitrogens with two attached hydrogens (primary N) is 1. The van der Waals surface area contributed by atoms with Gasteiger partial charge in [0.2, 0.25) is 0 Å². The number of fused-ring (bicyclic) bond motifs is 1. The first-order chi connectivity index (χ1) is 16.5. The van der Waals surface area contributed by atoms with Crippen molar-refractivity contribution in [2.75, 3.05) is 37.0 Å². The molecule has 34 heavy (non-hydrogen) atoms. The molecule has 0 radical (unpaired) electrons. The van der Waals surface area contributed by atoms with Crippen LogP contribution in [0.5, 0.6) is 0 Å². The van der Waals surface area contributed by atoms with Crippen LogP contribution in [-0.4, -0.2) is 49.5 Å². The molecule has 2 aromatic heterocycles. The van der Waals surface area contributed by atoms with E-state index in [0.717, 1.165) is 48.6 Å². The highest BCUT2D eigenvalue weighted by Crippen LogP contribution is 2.40. The number of piperidine rings is 1. The second-order valence-electron chi connectivity index (χ2n) is 8.80. The number of amidine groups is 1. The fourth-order valence-corrected chi connectivity index (χ4v) is 5.80. The summed E-state index contributed by atoms with van der Waals surface area (Å²) >= 11 is 1.43. The molecular formula is C24H31N5O4S. The predicted molar refractivity (Wildman–Crippen MR) is 132 cm³/mol. The van der Waals surface area contributed by atoms with E-state index < -0.39 is 11.9 Å². The van der Waals surface area contributed by atoms with Crippen molar-refractivity contribution in [2.24, 2.45) is 16.8 Å². The molecule has 0 bridgehead atoms. The largest absolute Gasteiger partial charge is 0.465 e. The van der Waals surface area contributed by atoms with Gasteiger partial charge in [0, 0.05) is 29.7 Å². The maximum atomic E-state index is 12.5. The minimum atomic E-state index is -0.439. The number of thiophene rings is 1. The summed E-state index contributed by atoms with van der Waals surface area (Å²) < 4.78 is 4.96. The van der Waals surface area contributed by atoms with Crippen LogP contribution in [0, 0.1) is 5.92 Å². The fraction of sp³-hybridized carbons (Fsp3) is 0.500. The van der Waals surface area contributed by atoms with E-state index in [2.05, 4.69) is 27.3 Å². The van der Waals surface area contributed by atoms with Gasteiger partial charge < -0.3 is 25.5 Å². The zero-order valence-corrected chi connectivity index (χ0v) is 20.5. The Labute approximate surface area is 203 Å². The van der Waals surface area contributed by atoms with Crippen LogP contribution < -0.4 is 16.0 Å². The van der Waals surface area contributed by atoms with Crippen LogP contribution in [0.2, 0.25) is 0 Å². The zero-order chi connectivity index (χ0) is 24.1. The summed E-state index contributed by atoms with van der Waals surface area (Å²) in [6.07, 6.45) is 7.97. The number of hydrogen-bond donors (Lipinski definition) is 2. The molecule has 2 aromatic rings. The van der Waals surface area contributed by atoms with Crippen LogP contribution in [0.3, 0.4) is 0 Å². The molecule has 4 rings (SSSR count). The summed E-state index contributed by atoms with van der Waals surface area (Å²) in [5.74, 6) is 0.745. The molecule has 3 N–H and O–H groups in total. The number of nitrogens with one attached hydrogen (secondary N) is 1. The number of carbonyl (C=O) groups excluding carboxylic acids is 2. The van der Waals surface area contributed by atoms with Crippen molar-refractivity contribution in [1.29, 1.82) is 0 Å². The van der Waals surface area contributed by atoms with Crippen LogP contribution in [0.1, 0.15) is 59.0 Å². The van der Waals surface area contributed by atoms with E-state index in [1.54, 1.807) is 6.20 Å². The van der Waals surface area contributed by atoms with Crippen molar-refractivity contribution in [2.45, 2.75) is 45.4 Å². The average molecular weight is 486 g/mol. The Morgan fingerprint density at radius 3 is 2.79 bits per heavy atom. The van der Waals surface area contributed by atoms with Gasteiger partial charge in [-0.15, -0.1) is 11.3 Å². The van der Waals surface area contributed by atoms with Crippen molar-refractivity contribution in [3.63, 3.8) is 0 Å². The first-order valence-electron chi connectivity index (χ1n) is 11.7. The average Bonchev–Trinajstić information content (AvgIpc) is 3.20. The summed E-state index contributed by atoms with van der Waals surface area (Å²) in [6.45, 7) is 3.88. The molecule has 2 aliphatic rings. The summed E-state index contributed by atoms with van der Waals surface area (Å²) in [5, 5.41) is 7.13. The smallest absolute Gasteiger partial charge is 0.341 e. The number of nitrogens with zero attached hydrogens (tertiary/aromatic N) is 3. The van der Waals surface area contributed by atoms with Crippen molar-refractivity contribution in [1.82, 2.24) is 4.98 Å². The SMILES string of the molecule is COC(=O)c1c(NC(=O)CO/N=C(/N)c2ccc(N3CCCCC3)nc2)sc2c1CCC(C)C2. The lowest BCUT2D eigenvalue weighted by atomic mass is 9.88. The van der Waals surface area contributed by atoms with Gasteiger partial charge in [0.25, 0.3) is 5.91 Å². The fourth-order valence-electron chi connectivity index (χ4n) is 4.38. The van der Waals surface area contributed by atoms with E-state index in [4.69, 9.17) is 15.3 Å². The van der Waals surface area contributed by atoms with Crippen molar-refractivity contribution < 1.29 is 19.2 Å². The highest BCUT2D eigenvalue weighted by Gasteiger charge is 2.29. The molecule has 1 atom stereocenters. The molecule has 10 heteroatoms. The van der Waals surface area contributed by atoms with Gasteiger partial charge in [-0.05, 0) is 62.1 Å². The highest BCUT2D eigenvalue weighted by atomic mass is 32.1. The number of methoxy groups -OCH3 is 1. The van der Waals surface area contributed by atoms with E-state index in [1.807, 2.05) is 12.1 Å². The molecule has 1 unspecified atom stereocenters. The van der Waals surface area contributed by atoms with E-state index in [-0.39, 0.29) is 12.4 Å². The van der Waals surface area contributed by atoms with Gasteiger partial charge >= 0.3 is 5.97 Å². The number of hydrogen-bond acceptors (Lipinski definition) is 8. The summed E-state index contributed by atoms with van der Waals surface area (Å²) in [4.78, 5) is 37.9. The second-order valence-corrected chi connectivity index (χ2v) is 9.90. The zero-order valence-electron chi connectivity index (χ0n) is 19.6. The molecule has 1 amide bonds. The van der Waals surface area contributed by atoms with Crippen molar-refractivity contribution >= 4 is 39.9 Å². The van der Waals surface area contributed by atoms with Crippen LogP contribution in [0.4, 0.5) is 10.8 Å². The third-order valence-electron chi connectivity index (χ3n) is 6.24. The molecule has 1 aliphatic carbocycles. The summed E-state index contributed by atoms with van der Waals surface area (Å²) in [5.41, 5.74) is 8.05. The Morgan fingerprint density at radius 1 is 1.29 bits per heavy atom. The molecular weight excluding hydrogens is 454 g/mol. The van der Waals surface area contributed by atoms with Crippen molar-refractivity contribution in [3.8, 4) is 0 Å². The van der Waals surface area contributed by atoms with Crippen LogP contribution in [-0.2, 0) is 27.2 Å². The Hall–Kier alpha value is -3.14. The van der Waals surface area contributed by atoms with Gasteiger partial charge in [0.15, 0.2) is 12.4 Å². The molecule has 0 spiro atoms. The molecule has 1 fully saturated rings. The molecule has 0 aromatic carbocycles. The topological polar surface area (TPSA) is 119 Å². The number of ether oxygens (including phenoxy) is 1. The van der Waals surface area contributed by atoms with E-state index in [1.165, 1.54) is 37.7 Å². The number of esters is 1. The normalized spacial score (nSPS) is 18.2. The minimum absolute atomic E-state index is 0.140. The van der Waals surface area contributed by atoms with Gasteiger partial charge in [0.1, 0.15) is 10.8 Å². The number of oxime groups is 1. The molecule has 182 valence electrons. The number of pyridine rings is 1. The van der Waals surface area contributed by atoms with Gasteiger partial charge in [0.05, 0.1) is 12.7 Å². The highest BCUT2D eigenvalue weighted by molar-refractivity contribution is 7.17. The number of anilines is 2. The standard InChI is InChI=1S/C24H31N5O4S/c1-15-6-8-17-18(12-15)34-23(21(17)24(31)32-2)27-20(30)14-33-28-22(25)16-7-9-19(26-13-16)29-10-4-3-5-11-29/h7,9,13,15H,3-6,8,10-12,14H2,1-2H3,(H2,25,28)(H,27,30). The Kier molecular flexibility index (Phi) is 7.66. The predicted octanol–water partition coefficient (Wildman–Crippen LogP) is 3.32. The Balaban J connectivity index is 1.35. The third kappa shape index (κ3) is 5.49. The lowest BCUT2D eigenvalue weighted by Crippen LogP contribution is -2.30. The van der Waals surface area contributed by atoms with E-state index in [0.29, 0.717) is 22.0 Å². The first kappa shape index (κ1) is 24.0. The molecule has 0 saturated carbocycles. The Bertz CT molecular complexity index is 1060. The molecule has 1 aliphatic heterocycles. The first-order valence-corrected chi connectivity index (χ1v) is 12.5. The number of carbonyl (C=O) groups is 2. The maximum absolute atomic E-state index is 12.5. The second kappa shape index (κ2) is 10.9. The summed E-state index contributed by atoms with van der Waals surface area (Å²) in [6, 6.07) is 3.77. The van der Waals surface area contributed by atoms with Crippen LogP contribution in [0.25, 0.3) is 0 Å². The Morgan fingerprint density at radius 2 is 2.09 bits per heavy atom. The number of aromatic nitrogens is 1. The summed E-state index contributed by atoms with van der Waals surface area (Å²) in [7, 11) is 1.35. The number of amides is 1. The van der Waals surface area contributed by atoms with E-state index >= 15 is 0 Å². The number of rotatable bonds is 7. The lowest BCUT2D eigenvalue weighted by Gasteiger charge is -2.27.